The van der Waals surface area contributed by atoms with Crippen molar-refractivity contribution in [3.63, 3.8) is 0 Å². The van der Waals surface area contributed by atoms with Crippen molar-refractivity contribution < 1.29 is 4.92 Å². The molecular formula is C14H20N2O2. The van der Waals surface area contributed by atoms with E-state index in [-0.39, 0.29) is 10.6 Å². The first-order chi connectivity index (χ1) is 8.58. The summed E-state index contributed by atoms with van der Waals surface area (Å²) in [5.74, 6) is 1.82. The van der Waals surface area contributed by atoms with Gasteiger partial charge >= 0.3 is 0 Å². The maximum Gasteiger partial charge on any atom is 0.269 e. The number of rotatable bonds is 6. The summed E-state index contributed by atoms with van der Waals surface area (Å²) in [6.07, 6.45) is 1.15. The van der Waals surface area contributed by atoms with Crippen molar-refractivity contribution in [3.05, 3.63) is 39.9 Å². The van der Waals surface area contributed by atoms with Crippen molar-refractivity contribution in [2.75, 3.05) is 13.1 Å². The lowest BCUT2D eigenvalue weighted by Crippen LogP contribution is -2.22. The van der Waals surface area contributed by atoms with Crippen LogP contribution in [0.25, 0.3) is 0 Å². The van der Waals surface area contributed by atoms with Gasteiger partial charge in [0, 0.05) is 12.1 Å². The summed E-state index contributed by atoms with van der Waals surface area (Å²) in [6, 6.07) is 7.05. The third kappa shape index (κ3) is 3.29. The van der Waals surface area contributed by atoms with Crippen LogP contribution in [-0.4, -0.2) is 18.0 Å². The smallest absolute Gasteiger partial charge is 0.269 e. The minimum absolute atomic E-state index is 0.202. The Morgan fingerprint density at radius 1 is 1.50 bits per heavy atom. The molecule has 0 heterocycles. The molecule has 0 radical (unpaired) electrons. The van der Waals surface area contributed by atoms with E-state index in [4.69, 9.17) is 0 Å². The fourth-order valence-corrected chi connectivity index (χ4v) is 2.31. The molecule has 1 aromatic rings. The molecule has 2 atom stereocenters. The Bertz CT molecular complexity index is 432. The van der Waals surface area contributed by atoms with Crippen molar-refractivity contribution in [3.8, 4) is 0 Å². The van der Waals surface area contributed by atoms with Crippen LogP contribution < -0.4 is 5.32 Å². The van der Waals surface area contributed by atoms with Crippen molar-refractivity contribution >= 4 is 5.69 Å². The molecule has 1 N–H and O–H groups in total. The highest BCUT2D eigenvalue weighted by molar-refractivity contribution is 5.38. The fraction of sp³-hybridized carbons (Fsp3) is 0.571. The highest BCUT2D eigenvalue weighted by Crippen LogP contribution is 2.47. The maximum atomic E-state index is 10.7. The van der Waals surface area contributed by atoms with Crippen LogP contribution in [0.2, 0.25) is 0 Å². The first-order valence-electron chi connectivity index (χ1n) is 6.53. The third-order valence-electron chi connectivity index (χ3n) is 3.39. The number of nitro benzene ring substituents is 1. The van der Waals surface area contributed by atoms with E-state index in [1.807, 2.05) is 6.07 Å². The minimum atomic E-state index is -0.322. The average Bonchev–Trinajstić information content (AvgIpc) is 3.08. The quantitative estimate of drug-likeness (QED) is 0.622. The molecule has 0 aliphatic heterocycles. The van der Waals surface area contributed by atoms with Crippen molar-refractivity contribution in [1.29, 1.82) is 0 Å². The van der Waals surface area contributed by atoms with Crippen LogP contribution in [-0.2, 0) is 0 Å². The van der Waals surface area contributed by atoms with Gasteiger partial charge in [0.2, 0.25) is 0 Å². The van der Waals surface area contributed by atoms with Gasteiger partial charge < -0.3 is 5.32 Å². The molecule has 0 bridgehead atoms. The molecule has 1 saturated carbocycles. The number of non-ortho nitro benzene ring substituents is 1. The molecule has 1 aromatic carbocycles. The van der Waals surface area contributed by atoms with E-state index in [1.165, 1.54) is 0 Å². The molecule has 0 amide bonds. The van der Waals surface area contributed by atoms with Crippen LogP contribution in [0.1, 0.15) is 31.7 Å². The van der Waals surface area contributed by atoms with E-state index in [2.05, 4.69) is 19.2 Å². The third-order valence-corrected chi connectivity index (χ3v) is 3.39. The lowest BCUT2D eigenvalue weighted by Gasteiger charge is -2.06. The van der Waals surface area contributed by atoms with Crippen LogP contribution >= 0.6 is 0 Å². The summed E-state index contributed by atoms with van der Waals surface area (Å²) in [7, 11) is 0. The molecule has 1 fully saturated rings. The molecule has 0 saturated heterocycles. The summed E-state index contributed by atoms with van der Waals surface area (Å²) in [6.45, 7) is 6.44. The van der Waals surface area contributed by atoms with Crippen LogP contribution in [0.3, 0.4) is 0 Å². The predicted molar refractivity (Wildman–Crippen MR) is 71.7 cm³/mol. The van der Waals surface area contributed by atoms with E-state index >= 15 is 0 Å². The van der Waals surface area contributed by atoms with Gasteiger partial charge in [-0.3, -0.25) is 10.1 Å². The molecule has 2 rings (SSSR count). The SMILES string of the molecule is CC(C)CNCC1CC1c1cccc([N+](=O)[O-])c1. The number of hydrogen-bond donors (Lipinski definition) is 1. The highest BCUT2D eigenvalue weighted by atomic mass is 16.6. The minimum Gasteiger partial charge on any atom is -0.316 e. The highest BCUT2D eigenvalue weighted by Gasteiger charge is 2.38. The summed E-state index contributed by atoms with van der Waals surface area (Å²) in [5.41, 5.74) is 1.31. The molecule has 4 nitrogen and oxygen atoms in total. The van der Waals surface area contributed by atoms with Gasteiger partial charge in [-0.15, -0.1) is 0 Å². The van der Waals surface area contributed by atoms with Crippen LogP contribution in [0, 0.1) is 22.0 Å². The molecular weight excluding hydrogens is 228 g/mol. The Morgan fingerprint density at radius 3 is 2.94 bits per heavy atom. The van der Waals surface area contributed by atoms with Gasteiger partial charge in [0.25, 0.3) is 5.69 Å². The lowest BCUT2D eigenvalue weighted by atomic mass is 10.1. The first-order valence-corrected chi connectivity index (χ1v) is 6.53. The van der Waals surface area contributed by atoms with Crippen LogP contribution in [0.15, 0.2) is 24.3 Å². The molecule has 1 aliphatic carbocycles. The Kier molecular flexibility index (Phi) is 3.97. The van der Waals surface area contributed by atoms with E-state index in [0.29, 0.717) is 17.8 Å². The van der Waals surface area contributed by atoms with Crippen molar-refractivity contribution in [2.24, 2.45) is 11.8 Å². The first kappa shape index (κ1) is 13.0. The summed E-state index contributed by atoms with van der Waals surface area (Å²) in [5, 5.41) is 14.2. The van der Waals surface area contributed by atoms with Crippen molar-refractivity contribution in [2.45, 2.75) is 26.2 Å². The van der Waals surface area contributed by atoms with Crippen LogP contribution in [0.5, 0.6) is 0 Å². The predicted octanol–water partition coefficient (Wildman–Crippen LogP) is 2.94. The van der Waals surface area contributed by atoms with E-state index in [9.17, 15) is 10.1 Å². The van der Waals surface area contributed by atoms with E-state index in [1.54, 1.807) is 18.2 Å². The van der Waals surface area contributed by atoms with Gasteiger partial charge in [-0.05, 0) is 42.8 Å². The fourth-order valence-electron chi connectivity index (χ4n) is 2.31. The van der Waals surface area contributed by atoms with Gasteiger partial charge in [-0.25, -0.2) is 0 Å². The zero-order valence-electron chi connectivity index (χ0n) is 10.9. The molecule has 4 heteroatoms. The molecule has 98 valence electrons. The topological polar surface area (TPSA) is 55.2 Å². The maximum absolute atomic E-state index is 10.7. The Labute approximate surface area is 108 Å². The second kappa shape index (κ2) is 5.48. The molecule has 2 unspecified atom stereocenters. The van der Waals surface area contributed by atoms with Gasteiger partial charge in [0.05, 0.1) is 4.92 Å². The standard InChI is InChI=1S/C14H20N2O2/c1-10(2)8-15-9-12-7-14(12)11-4-3-5-13(6-11)16(17)18/h3-6,10,12,14-15H,7-9H2,1-2H3. The summed E-state index contributed by atoms with van der Waals surface area (Å²) in [4.78, 5) is 10.4. The molecule has 18 heavy (non-hydrogen) atoms. The lowest BCUT2D eigenvalue weighted by molar-refractivity contribution is -0.384. The normalized spacial score (nSPS) is 22.2. The summed E-state index contributed by atoms with van der Waals surface area (Å²) < 4.78 is 0. The van der Waals surface area contributed by atoms with E-state index in [0.717, 1.165) is 25.1 Å². The zero-order valence-corrected chi connectivity index (χ0v) is 10.9. The van der Waals surface area contributed by atoms with Crippen LogP contribution in [0.4, 0.5) is 5.69 Å². The van der Waals surface area contributed by atoms with Crippen molar-refractivity contribution in [1.82, 2.24) is 5.32 Å². The number of benzene rings is 1. The van der Waals surface area contributed by atoms with Gasteiger partial charge in [0.15, 0.2) is 0 Å². The largest absolute Gasteiger partial charge is 0.316 e. The van der Waals surface area contributed by atoms with Gasteiger partial charge in [-0.2, -0.15) is 0 Å². The monoisotopic (exact) mass is 248 g/mol. The Morgan fingerprint density at radius 2 is 2.28 bits per heavy atom. The van der Waals surface area contributed by atoms with Gasteiger partial charge in [0.1, 0.15) is 0 Å². The Hall–Kier alpha value is -1.42. The second-order valence-corrected chi connectivity index (χ2v) is 5.51. The van der Waals surface area contributed by atoms with Gasteiger partial charge in [-0.1, -0.05) is 26.0 Å². The van der Waals surface area contributed by atoms with E-state index < -0.39 is 0 Å². The molecule has 0 spiro atoms. The Balaban J connectivity index is 1.87. The molecule has 0 aromatic heterocycles. The number of nitrogens with zero attached hydrogens (tertiary/aromatic N) is 1. The summed E-state index contributed by atoms with van der Waals surface area (Å²) >= 11 is 0. The number of nitrogens with one attached hydrogen (secondary N) is 1. The average molecular weight is 248 g/mol. The number of nitro groups is 1. The zero-order chi connectivity index (χ0) is 13.1. The molecule has 1 aliphatic rings. The second-order valence-electron chi connectivity index (χ2n) is 5.51. The number of hydrogen-bond acceptors (Lipinski definition) is 3.